The van der Waals surface area contributed by atoms with E-state index in [0.717, 1.165) is 0 Å². The molecule has 0 radical (unpaired) electrons. The average Bonchev–Trinajstić information content (AvgIpc) is 2.34. The van der Waals surface area contributed by atoms with Crippen molar-refractivity contribution in [3.8, 4) is 0 Å². The largest absolute Gasteiger partial charge is 0.409 e. The fourth-order valence-corrected chi connectivity index (χ4v) is 3.37. The van der Waals surface area contributed by atoms with Crippen molar-refractivity contribution in [2.24, 2.45) is 16.8 Å². The number of oxime groups is 1. The molecule has 0 saturated carbocycles. The number of amidine groups is 1. The van der Waals surface area contributed by atoms with Gasteiger partial charge in [0.05, 0.1) is 5.02 Å². The van der Waals surface area contributed by atoms with Crippen molar-refractivity contribution in [3.63, 3.8) is 0 Å². The summed E-state index contributed by atoms with van der Waals surface area (Å²) < 4.78 is 27.1. The Morgan fingerprint density at radius 3 is 2.79 bits per heavy atom. The number of halogens is 2. The Balaban J connectivity index is 2.88. The first-order valence-corrected chi connectivity index (χ1v) is 7.85. The maximum Gasteiger partial charge on any atom is 0.242 e. The van der Waals surface area contributed by atoms with Crippen LogP contribution in [0.4, 0.5) is 0 Å². The highest BCUT2D eigenvalue weighted by Gasteiger charge is 2.19. The van der Waals surface area contributed by atoms with Gasteiger partial charge in [0.25, 0.3) is 0 Å². The number of nitrogens with two attached hydrogens (primary N) is 1. The van der Waals surface area contributed by atoms with Crippen LogP contribution in [0.25, 0.3) is 0 Å². The van der Waals surface area contributed by atoms with Crippen molar-refractivity contribution in [2.75, 3.05) is 6.54 Å². The molecule has 0 aliphatic heterocycles. The lowest BCUT2D eigenvalue weighted by atomic mass is 10.2. The lowest BCUT2D eigenvalue weighted by Gasteiger charge is -2.12. The van der Waals surface area contributed by atoms with Gasteiger partial charge in [-0.2, -0.15) is 0 Å². The zero-order valence-electron chi connectivity index (χ0n) is 9.97. The molecule has 0 fully saturated rings. The summed E-state index contributed by atoms with van der Waals surface area (Å²) >= 11 is 9.08. The fraction of sp³-hybridized carbons (Fsp3) is 0.300. The monoisotopic (exact) mass is 369 g/mol. The first-order valence-electron chi connectivity index (χ1n) is 5.20. The lowest BCUT2D eigenvalue weighted by Crippen LogP contribution is -2.34. The number of sulfonamides is 1. The van der Waals surface area contributed by atoms with Crippen LogP contribution in [0.1, 0.15) is 6.92 Å². The van der Waals surface area contributed by atoms with E-state index in [-0.39, 0.29) is 22.3 Å². The second-order valence-corrected chi connectivity index (χ2v) is 6.91. The van der Waals surface area contributed by atoms with Crippen LogP contribution in [0, 0.1) is 5.92 Å². The molecule has 1 unspecified atom stereocenters. The molecular formula is C10H13BrClN3O3S. The van der Waals surface area contributed by atoms with E-state index in [1.165, 1.54) is 12.1 Å². The van der Waals surface area contributed by atoms with Gasteiger partial charge in [-0.15, -0.1) is 0 Å². The molecule has 0 amide bonds. The van der Waals surface area contributed by atoms with E-state index in [9.17, 15) is 8.42 Å². The summed E-state index contributed by atoms with van der Waals surface area (Å²) in [7, 11) is -3.74. The number of rotatable bonds is 5. The molecule has 1 atom stereocenters. The summed E-state index contributed by atoms with van der Waals surface area (Å²) in [5.41, 5.74) is 5.37. The van der Waals surface area contributed by atoms with E-state index in [4.69, 9.17) is 22.5 Å². The molecule has 6 nitrogen and oxygen atoms in total. The van der Waals surface area contributed by atoms with Crippen molar-refractivity contribution in [3.05, 3.63) is 27.7 Å². The first kappa shape index (κ1) is 16.2. The van der Waals surface area contributed by atoms with Crippen LogP contribution in [0.2, 0.25) is 5.02 Å². The van der Waals surface area contributed by atoms with Crippen LogP contribution in [-0.2, 0) is 10.0 Å². The van der Waals surface area contributed by atoms with Crippen molar-refractivity contribution in [2.45, 2.75) is 11.8 Å². The van der Waals surface area contributed by atoms with E-state index in [1.54, 1.807) is 13.0 Å². The van der Waals surface area contributed by atoms with Gasteiger partial charge in [0.2, 0.25) is 10.0 Å². The standard InChI is InChI=1S/C10H13BrClN3O3S/c1-6(10(13)15-16)5-14-19(17,18)9-3-2-7(11)4-8(9)12/h2-4,6,14,16H,5H2,1H3,(H2,13,15). The SMILES string of the molecule is CC(CNS(=O)(=O)c1ccc(Br)cc1Cl)C(N)=NO. The second kappa shape index (κ2) is 6.56. The molecule has 1 rings (SSSR count). The Bertz CT molecular complexity index is 592. The summed E-state index contributed by atoms with van der Waals surface area (Å²) in [6.45, 7) is 1.63. The third-order valence-electron chi connectivity index (χ3n) is 2.38. The zero-order chi connectivity index (χ0) is 14.6. The molecule has 0 spiro atoms. The summed E-state index contributed by atoms with van der Waals surface area (Å²) in [5.74, 6) is -0.487. The van der Waals surface area contributed by atoms with Crippen LogP contribution in [0.3, 0.4) is 0 Å². The maximum absolute atomic E-state index is 12.0. The van der Waals surface area contributed by atoms with Gasteiger partial charge < -0.3 is 10.9 Å². The minimum absolute atomic E-state index is 0.00458. The Labute approximate surface area is 124 Å². The molecule has 0 aliphatic carbocycles. The lowest BCUT2D eigenvalue weighted by molar-refractivity contribution is 0.314. The molecule has 106 valence electrons. The van der Waals surface area contributed by atoms with Crippen molar-refractivity contribution in [1.82, 2.24) is 4.72 Å². The Kier molecular flexibility index (Phi) is 5.60. The molecule has 1 aromatic rings. The highest BCUT2D eigenvalue weighted by molar-refractivity contribution is 9.10. The molecule has 0 aromatic heterocycles. The average molecular weight is 371 g/mol. The summed E-state index contributed by atoms with van der Waals surface area (Å²) in [5, 5.41) is 11.4. The highest BCUT2D eigenvalue weighted by atomic mass is 79.9. The molecule has 0 bridgehead atoms. The molecule has 4 N–H and O–H groups in total. The van der Waals surface area contributed by atoms with Gasteiger partial charge in [-0.05, 0) is 18.2 Å². The summed E-state index contributed by atoms with van der Waals surface area (Å²) in [6.07, 6.45) is 0. The van der Waals surface area contributed by atoms with Crippen LogP contribution >= 0.6 is 27.5 Å². The number of nitrogens with zero attached hydrogens (tertiary/aromatic N) is 1. The fourth-order valence-electron chi connectivity index (χ4n) is 1.21. The zero-order valence-corrected chi connectivity index (χ0v) is 13.1. The van der Waals surface area contributed by atoms with E-state index >= 15 is 0 Å². The predicted molar refractivity (Wildman–Crippen MR) is 76.9 cm³/mol. The van der Waals surface area contributed by atoms with Crippen molar-refractivity contribution >= 4 is 43.4 Å². The number of nitrogens with one attached hydrogen (secondary N) is 1. The van der Waals surface area contributed by atoms with Gasteiger partial charge in [0, 0.05) is 16.9 Å². The van der Waals surface area contributed by atoms with Gasteiger partial charge in [0.1, 0.15) is 10.7 Å². The smallest absolute Gasteiger partial charge is 0.242 e. The molecule has 9 heteroatoms. The van der Waals surface area contributed by atoms with Gasteiger partial charge in [-0.3, -0.25) is 0 Å². The topological polar surface area (TPSA) is 105 Å². The first-order chi connectivity index (χ1) is 8.77. The third-order valence-corrected chi connectivity index (χ3v) is 4.78. The molecule has 19 heavy (non-hydrogen) atoms. The number of hydrogen-bond donors (Lipinski definition) is 3. The minimum atomic E-state index is -3.74. The Morgan fingerprint density at radius 1 is 1.63 bits per heavy atom. The van der Waals surface area contributed by atoms with Gasteiger partial charge in [0.15, 0.2) is 0 Å². The third kappa shape index (κ3) is 4.34. The quantitative estimate of drug-likeness (QED) is 0.318. The summed E-state index contributed by atoms with van der Waals surface area (Å²) in [6, 6.07) is 4.46. The van der Waals surface area contributed by atoms with E-state index in [2.05, 4.69) is 25.8 Å². The number of benzene rings is 1. The Hall–Kier alpha value is -0.830. The molecule has 0 heterocycles. The molecular weight excluding hydrogens is 358 g/mol. The predicted octanol–water partition coefficient (Wildman–Crippen LogP) is 1.76. The molecule has 1 aromatic carbocycles. The van der Waals surface area contributed by atoms with Crippen molar-refractivity contribution in [1.29, 1.82) is 0 Å². The van der Waals surface area contributed by atoms with Gasteiger partial charge >= 0.3 is 0 Å². The van der Waals surface area contributed by atoms with Gasteiger partial charge in [-0.1, -0.05) is 39.6 Å². The van der Waals surface area contributed by atoms with Crippen LogP contribution in [0.15, 0.2) is 32.7 Å². The molecule has 0 aliphatic rings. The van der Waals surface area contributed by atoms with E-state index < -0.39 is 15.9 Å². The highest BCUT2D eigenvalue weighted by Crippen LogP contribution is 2.25. The number of hydrogen-bond acceptors (Lipinski definition) is 4. The van der Waals surface area contributed by atoms with Crippen molar-refractivity contribution < 1.29 is 13.6 Å². The maximum atomic E-state index is 12.0. The van der Waals surface area contributed by atoms with E-state index in [1.807, 2.05) is 0 Å². The molecule has 0 saturated heterocycles. The van der Waals surface area contributed by atoms with Gasteiger partial charge in [-0.25, -0.2) is 13.1 Å². The minimum Gasteiger partial charge on any atom is -0.409 e. The van der Waals surface area contributed by atoms with E-state index in [0.29, 0.717) is 4.47 Å². The van der Waals surface area contributed by atoms with Crippen LogP contribution in [0.5, 0.6) is 0 Å². The second-order valence-electron chi connectivity index (χ2n) is 3.85. The van der Waals surface area contributed by atoms with Crippen LogP contribution in [-0.4, -0.2) is 26.0 Å². The van der Waals surface area contributed by atoms with Crippen LogP contribution < -0.4 is 10.5 Å². The Morgan fingerprint density at radius 2 is 2.26 bits per heavy atom. The normalized spacial score (nSPS) is 14.4. The summed E-state index contributed by atoms with van der Waals surface area (Å²) in [4.78, 5) is -0.0240.